The number of rotatable bonds is 7. The van der Waals surface area contributed by atoms with Gasteiger partial charge in [-0.15, -0.1) is 0 Å². The molecule has 0 atom stereocenters. The molecule has 2 rings (SSSR count). The lowest BCUT2D eigenvalue weighted by atomic mass is 10.1. The van der Waals surface area contributed by atoms with Crippen molar-refractivity contribution in [3.05, 3.63) is 57.6 Å². The predicted octanol–water partition coefficient (Wildman–Crippen LogP) is 3.83. The first kappa shape index (κ1) is 20.7. The first-order chi connectivity index (χ1) is 13.3. The minimum Gasteiger partial charge on any atom is -0.450 e. The van der Waals surface area contributed by atoms with Gasteiger partial charge in [0.2, 0.25) is 5.91 Å². The van der Waals surface area contributed by atoms with Gasteiger partial charge in [-0.05, 0) is 50.1 Å². The zero-order valence-corrected chi connectivity index (χ0v) is 15.9. The van der Waals surface area contributed by atoms with Crippen LogP contribution < -0.4 is 16.0 Å². The molecule has 2 amide bonds. The van der Waals surface area contributed by atoms with Gasteiger partial charge < -0.3 is 15.4 Å². The van der Waals surface area contributed by atoms with E-state index in [0.29, 0.717) is 22.6 Å². The highest BCUT2D eigenvalue weighted by Crippen LogP contribution is 2.24. The predicted molar refractivity (Wildman–Crippen MR) is 107 cm³/mol. The van der Waals surface area contributed by atoms with Crippen LogP contribution in [0, 0.1) is 24.0 Å². The summed E-state index contributed by atoms with van der Waals surface area (Å²) < 4.78 is 4.86. The quantitative estimate of drug-likeness (QED) is 0.491. The van der Waals surface area contributed by atoms with Gasteiger partial charge in [-0.1, -0.05) is 6.07 Å². The van der Waals surface area contributed by atoms with Gasteiger partial charge in [0.05, 0.1) is 18.1 Å². The third kappa shape index (κ3) is 5.44. The van der Waals surface area contributed by atoms with E-state index in [9.17, 15) is 19.7 Å². The molecule has 0 aliphatic heterocycles. The summed E-state index contributed by atoms with van der Waals surface area (Å²) in [5, 5.41) is 19.2. The Morgan fingerprint density at radius 2 is 1.79 bits per heavy atom. The molecule has 9 heteroatoms. The number of hydrogen-bond acceptors (Lipinski definition) is 6. The van der Waals surface area contributed by atoms with Crippen molar-refractivity contribution >= 4 is 34.7 Å². The average molecular weight is 386 g/mol. The molecule has 2 aromatic rings. The molecule has 0 unspecified atom stereocenters. The molecule has 0 aromatic heterocycles. The van der Waals surface area contributed by atoms with E-state index in [1.165, 1.54) is 18.2 Å². The normalized spacial score (nSPS) is 10.1. The summed E-state index contributed by atoms with van der Waals surface area (Å²) >= 11 is 0. The second-order valence-corrected chi connectivity index (χ2v) is 5.98. The van der Waals surface area contributed by atoms with Gasteiger partial charge in [0.1, 0.15) is 0 Å². The van der Waals surface area contributed by atoms with E-state index in [1.807, 2.05) is 6.92 Å². The second-order valence-electron chi connectivity index (χ2n) is 5.98. The summed E-state index contributed by atoms with van der Waals surface area (Å²) in [6.07, 6.45) is -0.547. The molecule has 0 radical (unpaired) electrons. The zero-order valence-electron chi connectivity index (χ0n) is 15.9. The number of benzene rings is 2. The van der Waals surface area contributed by atoms with Gasteiger partial charge in [-0.3, -0.25) is 20.2 Å². The van der Waals surface area contributed by atoms with Crippen LogP contribution >= 0.6 is 0 Å². The number of hydrogen-bond donors (Lipinski definition) is 3. The summed E-state index contributed by atoms with van der Waals surface area (Å²) in [6.45, 7) is 5.47. The SMILES string of the molecule is CCOC(=O)Nc1cccc(NCC(=O)Nc2ccc([N+](=O)[O-])cc2C)c1C. The van der Waals surface area contributed by atoms with Gasteiger partial charge in [0.25, 0.3) is 5.69 Å². The van der Waals surface area contributed by atoms with Gasteiger partial charge in [-0.25, -0.2) is 4.79 Å². The Morgan fingerprint density at radius 1 is 1.07 bits per heavy atom. The topological polar surface area (TPSA) is 123 Å². The number of nitrogens with one attached hydrogen (secondary N) is 3. The minimum absolute atomic E-state index is 0.0138. The Bertz CT molecular complexity index is 898. The summed E-state index contributed by atoms with van der Waals surface area (Å²) in [7, 11) is 0. The van der Waals surface area contributed by atoms with Crippen molar-refractivity contribution < 1.29 is 19.2 Å². The van der Waals surface area contributed by atoms with Gasteiger partial charge in [-0.2, -0.15) is 0 Å². The molecule has 0 aliphatic rings. The highest BCUT2D eigenvalue weighted by Gasteiger charge is 2.12. The number of nitro groups is 1. The Labute approximate surface area is 162 Å². The maximum absolute atomic E-state index is 12.2. The molecule has 0 heterocycles. The van der Waals surface area contributed by atoms with E-state index in [4.69, 9.17) is 4.74 Å². The van der Waals surface area contributed by atoms with E-state index in [-0.39, 0.29) is 24.7 Å². The smallest absolute Gasteiger partial charge is 0.411 e. The van der Waals surface area contributed by atoms with Crippen LogP contribution in [0.4, 0.5) is 27.5 Å². The Hall–Kier alpha value is -3.62. The van der Waals surface area contributed by atoms with E-state index in [2.05, 4.69) is 16.0 Å². The van der Waals surface area contributed by atoms with Crippen LogP contribution in [-0.4, -0.2) is 30.1 Å². The Balaban J connectivity index is 1.99. The van der Waals surface area contributed by atoms with Crippen LogP contribution in [0.15, 0.2) is 36.4 Å². The third-order valence-corrected chi connectivity index (χ3v) is 3.98. The monoisotopic (exact) mass is 386 g/mol. The number of nitro benzene ring substituents is 1. The van der Waals surface area contributed by atoms with E-state index >= 15 is 0 Å². The fourth-order valence-electron chi connectivity index (χ4n) is 2.51. The highest BCUT2D eigenvalue weighted by atomic mass is 16.6. The second kappa shape index (κ2) is 9.36. The number of non-ortho nitro benzene ring substituents is 1. The molecule has 9 nitrogen and oxygen atoms in total. The number of carbonyl (C=O) groups excluding carboxylic acids is 2. The van der Waals surface area contributed by atoms with Crippen molar-refractivity contribution in [1.29, 1.82) is 0 Å². The molecule has 3 N–H and O–H groups in total. The number of nitrogens with zero attached hydrogens (tertiary/aromatic N) is 1. The number of amides is 2. The number of aryl methyl sites for hydroxylation is 1. The van der Waals surface area contributed by atoms with E-state index < -0.39 is 11.0 Å². The lowest BCUT2D eigenvalue weighted by Gasteiger charge is -2.14. The van der Waals surface area contributed by atoms with Crippen LogP contribution in [0.2, 0.25) is 0 Å². The van der Waals surface area contributed by atoms with Crippen LogP contribution in [0.25, 0.3) is 0 Å². The van der Waals surface area contributed by atoms with E-state index in [1.54, 1.807) is 32.0 Å². The number of ether oxygens (including phenoxy) is 1. The average Bonchev–Trinajstić information content (AvgIpc) is 2.64. The maximum atomic E-state index is 12.2. The maximum Gasteiger partial charge on any atom is 0.411 e. The van der Waals surface area contributed by atoms with Gasteiger partial charge in [0.15, 0.2) is 0 Å². The number of carbonyl (C=O) groups is 2. The number of anilines is 3. The first-order valence-corrected chi connectivity index (χ1v) is 8.64. The lowest BCUT2D eigenvalue weighted by molar-refractivity contribution is -0.384. The molecule has 0 saturated heterocycles. The van der Waals surface area contributed by atoms with Gasteiger partial charge in [0, 0.05) is 29.2 Å². The summed E-state index contributed by atoms with van der Waals surface area (Å²) in [5.41, 5.74) is 3.09. The molecule has 0 bridgehead atoms. The molecular formula is C19H22N4O5. The largest absolute Gasteiger partial charge is 0.450 e. The molecule has 28 heavy (non-hydrogen) atoms. The van der Waals surface area contributed by atoms with E-state index in [0.717, 1.165) is 5.56 Å². The Morgan fingerprint density at radius 3 is 2.43 bits per heavy atom. The van der Waals surface area contributed by atoms with Crippen molar-refractivity contribution in [2.75, 3.05) is 29.1 Å². The molecular weight excluding hydrogens is 364 g/mol. The van der Waals surface area contributed by atoms with Gasteiger partial charge >= 0.3 is 6.09 Å². The van der Waals surface area contributed by atoms with Crippen LogP contribution in [0.5, 0.6) is 0 Å². The molecule has 0 aliphatic carbocycles. The fourth-order valence-corrected chi connectivity index (χ4v) is 2.51. The van der Waals surface area contributed by atoms with Crippen LogP contribution in [0.1, 0.15) is 18.1 Å². The van der Waals surface area contributed by atoms with Crippen molar-refractivity contribution in [1.82, 2.24) is 0 Å². The summed E-state index contributed by atoms with van der Waals surface area (Å²) in [4.78, 5) is 34.1. The van der Waals surface area contributed by atoms with Crippen molar-refractivity contribution in [3.8, 4) is 0 Å². The Kier molecular flexibility index (Phi) is 6.91. The lowest BCUT2D eigenvalue weighted by Crippen LogP contribution is -2.22. The summed E-state index contributed by atoms with van der Waals surface area (Å²) in [6, 6.07) is 9.51. The fraction of sp³-hybridized carbons (Fsp3) is 0.263. The van der Waals surface area contributed by atoms with Crippen molar-refractivity contribution in [2.45, 2.75) is 20.8 Å². The zero-order chi connectivity index (χ0) is 20.7. The molecule has 0 spiro atoms. The molecule has 0 saturated carbocycles. The minimum atomic E-state index is -0.547. The molecule has 0 fully saturated rings. The molecule has 148 valence electrons. The van der Waals surface area contributed by atoms with Crippen LogP contribution in [0.3, 0.4) is 0 Å². The highest BCUT2D eigenvalue weighted by molar-refractivity contribution is 5.95. The summed E-state index contributed by atoms with van der Waals surface area (Å²) in [5.74, 6) is -0.305. The van der Waals surface area contributed by atoms with Crippen molar-refractivity contribution in [3.63, 3.8) is 0 Å². The standard InChI is InChI=1S/C19H22N4O5/c1-4-28-19(25)22-17-7-5-6-16(13(17)3)20-11-18(24)21-15-9-8-14(23(26)27)10-12(15)2/h5-10,20H,4,11H2,1-3H3,(H,21,24)(H,22,25). The third-order valence-electron chi connectivity index (χ3n) is 3.98. The molecule has 2 aromatic carbocycles. The van der Waals surface area contributed by atoms with Crippen molar-refractivity contribution in [2.24, 2.45) is 0 Å². The first-order valence-electron chi connectivity index (χ1n) is 8.64. The van der Waals surface area contributed by atoms with Crippen LogP contribution in [-0.2, 0) is 9.53 Å².